The van der Waals surface area contributed by atoms with E-state index < -0.39 is 0 Å². The van der Waals surface area contributed by atoms with Crippen molar-refractivity contribution < 1.29 is 4.79 Å². The van der Waals surface area contributed by atoms with Gasteiger partial charge in [-0.1, -0.05) is 0 Å². The van der Waals surface area contributed by atoms with Gasteiger partial charge in [0, 0.05) is 16.6 Å². The van der Waals surface area contributed by atoms with Gasteiger partial charge in [-0.25, -0.2) is 9.97 Å². The van der Waals surface area contributed by atoms with Gasteiger partial charge in [0.2, 0.25) is 5.28 Å². The van der Waals surface area contributed by atoms with Crippen LogP contribution >= 0.6 is 22.9 Å². The lowest BCUT2D eigenvalue weighted by Gasteiger charge is -2.01. The molecule has 0 spiro atoms. The van der Waals surface area contributed by atoms with Crippen LogP contribution in [0.3, 0.4) is 0 Å². The molecule has 2 aromatic heterocycles. The van der Waals surface area contributed by atoms with Crippen molar-refractivity contribution in [2.24, 2.45) is 0 Å². The van der Waals surface area contributed by atoms with Crippen molar-refractivity contribution >= 4 is 50.4 Å². The second-order valence-corrected chi connectivity index (χ2v) is 5.49. The highest BCUT2D eigenvalue weighted by atomic mass is 35.5. The van der Waals surface area contributed by atoms with E-state index in [2.05, 4.69) is 15.3 Å². The minimum absolute atomic E-state index is 0.0897. The maximum absolute atomic E-state index is 12.1. The van der Waals surface area contributed by atoms with E-state index in [1.165, 1.54) is 17.5 Å². The lowest BCUT2D eigenvalue weighted by atomic mass is 10.2. The number of nitrogens with zero attached hydrogens (tertiary/aromatic N) is 2. The summed E-state index contributed by atoms with van der Waals surface area (Å²) in [5, 5.41) is 3.71. The van der Waals surface area contributed by atoms with Gasteiger partial charge in [-0.3, -0.25) is 4.79 Å². The van der Waals surface area contributed by atoms with Crippen molar-refractivity contribution in [2.75, 3.05) is 11.1 Å². The number of nitrogens with two attached hydrogens (primary N) is 1. The van der Waals surface area contributed by atoms with Crippen molar-refractivity contribution in [3.63, 3.8) is 0 Å². The summed E-state index contributed by atoms with van der Waals surface area (Å²) in [5.74, 6) is 0.131. The van der Waals surface area contributed by atoms with Crippen LogP contribution in [0, 0.1) is 0 Å². The summed E-state index contributed by atoms with van der Waals surface area (Å²) in [6.45, 7) is 0. The molecule has 3 N–H and O–H groups in total. The summed E-state index contributed by atoms with van der Waals surface area (Å²) in [7, 11) is 0. The second-order valence-electron chi connectivity index (χ2n) is 4.07. The minimum atomic E-state index is -0.237. The number of nitrogens with one attached hydrogen (secondary N) is 1. The molecule has 1 aromatic carbocycles. The van der Waals surface area contributed by atoms with Crippen molar-refractivity contribution in [1.82, 2.24) is 9.97 Å². The highest BCUT2D eigenvalue weighted by Crippen LogP contribution is 2.27. The molecule has 3 rings (SSSR count). The second kappa shape index (κ2) is 5.07. The van der Waals surface area contributed by atoms with Gasteiger partial charge in [0.05, 0.1) is 4.88 Å². The van der Waals surface area contributed by atoms with E-state index in [0.717, 1.165) is 10.1 Å². The predicted molar refractivity (Wildman–Crippen MR) is 81.2 cm³/mol. The summed E-state index contributed by atoms with van der Waals surface area (Å²) in [6.07, 6.45) is 1.48. The van der Waals surface area contributed by atoms with Crippen LogP contribution in [-0.4, -0.2) is 15.9 Å². The number of amides is 1. The number of fused-ring (bicyclic) bond motifs is 1. The van der Waals surface area contributed by atoms with Crippen LogP contribution in [0.1, 0.15) is 9.67 Å². The molecule has 0 saturated carbocycles. The molecule has 3 aromatic rings. The molecule has 0 aliphatic rings. The molecule has 0 radical (unpaired) electrons. The monoisotopic (exact) mass is 304 g/mol. The number of aromatic nitrogens is 2. The number of carbonyl (C=O) groups excluding carboxylic acids is 1. The number of thiophene rings is 1. The van der Waals surface area contributed by atoms with Crippen molar-refractivity contribution in [3.8, 4) is 0 Å². The number of benzene rings is 1. The van der Waals surface area contributed by atoms with Gasteiger partial charge < -0.3 is 11.1 Å². The Labute approximate surface area is 123 Å². The van der Waals surface area contributed by atoms with Crippen LogP contribution in [0.2, 0.25) is 5.28 Å². The van der Waals surface area contributed by atoms with Gasteiger partial charge in [-0.05, 0) is 47.3 Å². The smallest absolute Gasteiger partial charge is 0.266 e. The number of carbonyl (C=O) groups is 1. The first-order valence-electron chi connectivity index (χ1n) is 5.71. The van der Waals surface area contributed by atoms with Crippen LogP contribution < -0.4 is 11.1 Å². The Morgan fingerprint density at radius 3 is 2.95 bits per heavy atom. The van der Waals surface area contributed by atoms with Crippen molar-refractivity contribution in [1.29, 1.82) is 0 Å². The molecule has 20 heavy (non-hydrogen) atoms. The Bertz CT molecular complexity index is 802. The van der Waals surface area contributed by atoms with Crippen LogP contribution in [0.4, 0.5) is 11.5 Å². The van der Waals surface area contributed by atoms with E-state index in [9.17, 15) is 4.79 Å². The van der Waals surface area contributed by atoms with E-state index in [4.69, 9.17) is 17.3 Å². The highest BCUT2D eigenvalue weighted by Gasteiger charge is 2.11. The lowest BCUT2D eigenvalue weighted by Crippen LogP contribution is -2.11. The van der Waals surface area contributed by atoms with Gasteiger partial charge in [0.25, 0.3) is 5.91 Å². The molecule has 0 fully saturated rings. The van der Waals surface area contributed by atoms with Crippen molar-refractivity contribution in [3.05, 3.63) is 46.7 Å². The zero-order valence-electron chi connectivity index (χ0n) is 10.1. The maximum Gasteiger partial charge on any atom is 0.266 e. The Kier molecular flexibility index (Phi) is 3.25. The number of halogens is 1. The fourth-order valence-corrected chi connectivity index (χ4v) is 2.84. The third-order valence-electron chi connectivity index (χ3n) is 2.63. The topological polar surface area (TPSA) is 80.9 Å². The summed E-state index contributed by atoms with van der Waals surface area (Å²) in [5.41, 5.74) is 6.39. The molecule has 0 aliphatic carbocycles. The zero-order valence-corrected chi connectivity index (χ0v) is 11.7. The van der Waals surface area contributed by atoms with E-state index in [1.807, 2.05) is 18.2 Å². The number of nitrogen functional groups attached to an aromatic ring is 1. The molecule has 0 saturated heterocycles. The van der Waals surface area contributed by atoms with E-state index in [1.54, 1.807) is 12.1 Å². The van der Waals surface area contributed by atoms with Gasteiger partial charge in [-0.2, -0.15) is 0 Å². The fraction of sp³-hybridized carbons (Fsp3) is 0. The third-order valence-corrected chi connectivity index (χ3v) is 3.93. The van der Waals surface area contributed by atoms with Crippen LogP contribution in [0.5, 0.6) is 0 Å². The minimum Gasteiger partial charge on any atom is -0.399 e. The molecule has 0 unspecified atom stereocenters. The normalized spacial score (nSPS) is 10.7. The first kappa shape index (κ1) is 12.8. The molecule has 0 aliphatic heterocycles. The Morgan fingerprint density at radius 1 is 1.30 bits per heavy atom. The molecule has 1 amide bonds. The van der Waals surface area contributed by atoms with Crippen LogP contribution in [0.25, 0.3) is 10.1 Å². The number of hydrogen-bond donors (Lipinski definition) is 2. The molecule has 0 atom stereocenters. The van der Waals surface area contributed by atoms with Gasteiger partial charge in [0.15, 0.2) is 0 Å². The molecular formula is C13H9ClN4OS. The van der Waals surface area contributed by atoms with Crippen LogP contribution in [-0.2, 0) is 0 Å². The van der Waals surface area contributed by atoms with Gasteiger partial charge in [0.1, 0.15) is 5.82 Å². The Morgan fingerprint density at radius 2 is 2.15 bits per heavy atom. The number of hydrogen-bond acceptors (Lipinski definition) is 5. The summed E-state index contributed by atoms with van der Waals surface area (Å²) in [4.78, 5) is 20.4. The molecule has 2 heterocycles. The van der Waals surface area contributed by atoms with E-state index in [0.29, 0.717) is 16.4 Å². The lowest BCUT2D eigenvalue weighted by molar-refractivity contribution is 0.103. The fourth-order valence-electron chi connectivity index (χ4n) is 1.76. The van der Waals surface area contributed by atoms with Gasteiger partial charge in [-0.15, -0.1) is 11.3 Å². The van der Waals surface area contributed by atoms with E-state index >= 15 is 0 Å². The molecule has 5 nitrogen and oxygen atoms in total. The molecular weight excluding hydrogens is 296 g/mol. The third kappa shape index (κ3) is 2.56. The average Bonchev–Trinajstić information content (AvgIpc) is 2.81. The summed E-state index contributed by atoms with van der Waals surface area (Å²) >= 11 is 7.06. The first-order valence-corrected chi connectivity index (χ1v) is 6.90. The number of rotatable bonds is 2. The number of anilines is 2. The highest BCUT2D eigenvalue weighted by molar-refractivity contribution is 7.20. The summed E-state index contributed by atoms with van der Waals surface area (Å²) < 4.78 is 1.00. The van der Waals surface area contributed by atoms with Crippen LogP contribution in [0.15, 0.2) is 36.5 Å². The largest absolute Gasteiger partial charge is 0.399 e. The maximum atomic E-state index is 12.1. The zero-order chi connectivity index (χ0) is 14.1. The standard InChI is InChI=1S/C13H9ClN4OS/c14-13-16-4-3-11(18-13)17-12(19)10-6-7-5-8(15)1-2-9(7)20-10/h1-6H,15H2,(H,16,17,18,19). The quantitative estimate of drug-likeness (QED) is 0.563. The Hall–Kier alpha value is -2.18. The Balaban J connectivity index is 1.88. The molecule has 7 heteroatoms. The van der Waals surface area contributed by atoms with Crippen molar-refractivity contribution in [2.45, 2.75) is 0 Å². The summed E-state index contributed by atoms with van der Waals surface area (Å²) in [6, 6.07) is 8.92. The van der Waals surface area contributed by atoms with Gasteiger partial charge >= 0.3 is 0 Å². The first-order chi connectivity index (χ1) is 9.61. The van der Waals surface area contributed by atoms with E-state index in [-0.39, 0.29) is 11.2 Å². The SMILES string of the molecule is Nc1ccc2sc(C(=O)Nc3ccnc(Cl)n3)cc2c1. The predicted octanol–water partition coefficient (Wildman–Crippen LogP) is 3.18. The average molecular weight is 305 g/mol. The molecule has 0 bridgehead atoms. The molecule has 100 valence electrons.